The van der Waals surface area contributed by atoms with E-state index < -0.39 is 0 Å². The van der Waals surface area contributed by atoms with E-state index in [0.29, 0.717) is 0 Å². The summed E-state index contributed by atoms with van der Waals surface area (Å²) in [6, 6.07) is 25.7. The summed E-state index contributed by atoms with van der Waals surface area (Å²) in [4.78, 5) is 30.4. The van der Waals surface area contributed by atoms with Crippen molar-refractivity contribution in [1.29, 1.82) is 0 Å². The third-order valence-electron chi connectivity index (χ3n) is 9.81. The lowest BCUT2D eigenvalue weighted by Gasteiger charge is -2.32. The highest BCUT2D eigenvalue weighted by Gasteiger charge is 2.24. The molecule has 2 aliphatic rings. The first-order chi connectivity index (χ1) is 25.6. The number of allylic oxidation sites excluding steroid dienone is 5. The van der Waals surface area contributed by atoms with Gasteiger partial charge in [-0.2, -0.15) is 0 Å². The van der Waals surface area contributed by atoms with Gasteiger partial charge in [0, 0.05) is 31.7 Å². The zero-order chi connectivity index (χ0) is 36.2. The first-order valence-electron chi connectivity index (χ1n) is 19.2. The van der Waals surface area contributed by atoms with Crippen LogP contribution in [0.15, 0.2) is 109 Å². The Morgan fingerprint density at radius 2 is 1.12 bits per heavy atom. The number of nitrogens with one attached hydrogen (secondary N) is 2. The number of carbonyl (C=O) groups is 2. The van der Waals surface area contributed by atoms with Crippen molar-refractivity contribution in [1.82, 2.24) is 9.80 Å². The zero-order valence-corrected chi connectivity index (χ0v) is 30.8. The van der Waals surface area contributed by atoms with Crippen LogP contribution in [0.1, 0.15) is 70.3 Å². The maximum atomic E-state index is 12.7. The van der Waals surface area contributed by atoms with Crippen molar-refractivity contribution in [3.8, 4) is 11.1 Å². The van der Waals surface area contributed by atoms with Gasteiger partial charge in [0.1, 0.15) is 12.2 Å². The Morgan fingerprint density at radius 3 is 1.73 bits per heavy atom. The predicted molar refractivity (Wildman–Crippen MR) is 214 cm³/mol. The number of likely N-dealkylation sites (tertiary alicyclic amines) is 2. The number of benzene rings is 3. The molecule has 3 aromatic rings. The molecular formula is C44H56N4O4. The van der Waals surface area contributed by atoms with E-state index in [1.807, 2.05) is 122 Å². The van der Waals surface area contributed by atoms with Gasteiger partial charge in [-0.05, 0) is 81.8 Å². The molecule has 8 heteroatoms. The molecule has 0 radical (unpaired) electrons. The summed E-state index contributed by atoms with van der Waals surface area (Å²) in [5, 5.41) is 5.91. The van der Waals surface area contributed by atoms with Gasteiger partial charge < -0.3 is 19.3 Å². The molecule has 276 valence electrons. The fraction of sp³-hybridized carbons (Fsp3) is 0.409. The smallest absolute Gasteiger partial charge is 0.411 e. The van der Waals surface area contributed by atoms with Crippen LogP contribution in [0.5, 0.6) is 0 Å². The summed E-state index contributed by atoms with van der Waals surface area (Å²) >= 11 is 0. The molecule has 0 saturated carbocycles. The molecule has 2 fully saturated rings. The second-order valence-electron chi connectivity index (χ2n) is 13.7. The fourth-order valence-electron chi connectivity index (χ4n) is 6.90. The number of rotatable bonds is 16. The number of carbonyl (C=O) groups excluding carboxylic acids is 2. The van der Waals surface area contributed by atoms with E-state index in [0.717, 1.165) is 93.0 Å². The highest BCUT2D eigenvalue weighted by molar-refractivity contribution is 5.91. The molecular weight excluding hydrogens is 649 g/mol. The molecule has 0 aromatic heterocycles. The first kappa shape index (κ1) is 38.6. The van der Waals surface area contributed by atoms with E-state index in [1.54, 1.807) is 0 Å². The monoisotopic (exact) mass is 704 g/mol. The Balaban J connectivity index is 0.876. The van der Waals surface area contributed by atoms with Crippen LogP contribution in [-0.2, 0) is 9.47 Å². The highest BCUT2D eigenvalue weighted by atomic mass is 16.6. The molecule has 2 amide bonds. The summed E-state index contributed by atoms with van der Waals surface area (Å²) < 4.78 is 11.6. The lowest BCUT2D eigenvalue weighted by Crippen LogP contribution is -2.39. The van der Waals surface area contributed by atoms with Crippen LogP contribution in [0, 0.1) is 0 Å². The van der Waals surface area contributed by atoms with Crippen molar-refractivity contribution >= 4 is 29.6 Å². The van der Waals surface area contributed by atoms with E-state index in [1.165, 1.54) is 32.1 Å². The first-order valence-corrected chi connectivity index (χ1v) is 19.2. The van der Waals surface area contributed by atoms with Crippen molar-refractivity contribution in [2.75, 3.05) is 49.9 Å². The number of nitrogens with zero attached hydrogens (tertiary/aromatic N) is 2. The topological polar surface area (TPSA) is 83.1 Å². The Morgan fingerprint density at radius 1 is 0.615 bits per heavy atom. The van der Waals surface area contributed by atoms with E-state index >= 15 is 0 Å². The third-order valence-corrected chi connectivity index (χ3v) is 9.81. The lowest BCUT2D eigenvalue weighted by molar-refractivity contribution is 0.0584. The molecule has 3 aromatic carbocycles. The van der Waals surface area contributed by atoms with Crippen molar-refractivity contribution in [3.05, 3.63) is 115 Å². The molecule has 2 N–H and O–H groups in total. The van der Waals surface area contributed by atoms with Gasteiger partial charge in [0.15, 0.2) is 0 Å². The van der Waals surface area contributed by atoms with Crippen LogP contribution in [0.2, 0.25) is 0 Å². The maximum absolute atomic E-state index is 12.7. The molecule has 2 heterocycles. The number of unbranched alkanes of at least 4 members (excludes halogenated alkanes) is 4. The van der Waals surface area contributed by atoms with Gasteiger partial charge in [0.25, 0.3) is 0 Å². The van der Waals surface area contributed by atoms with E-state index in [4.69, 9.17) is 9.47 Å². The lowest BCUT2D eigenvalue weighted by atomic mass is 10.0. The number of para-hydroxylation sites is 2. The minimum absolute atomic E-state index is 0.0415. The molecule has 0 aliphatic carbocycles. The molecule has 0 bridgehead atoms. The van der Waals surface area contributed by atoms with E-state index in [2.05, 4.69) is 20.4 Å². The van der Waals surface area contributed by atoms with Gasteiger partial charge in [-0.3, -0.25) is 10.6 Å². The molecule has 0 spiro atoms. The van der Waals surface area contributed by atoms with Gasteiger partial charge in [0.05, 0.1) is 11.4 Å². The number of ether oxygens (including phenoxy) is 2. The van der Waals surface area contributed by atoms with Crippen LogP contribution in [0.3, 0.4) is 0 Å². The molecule has 52 heavy (non-hydrogen) atoms. The number of hydrogen-bond donors (Lipinski definition) is 2. The largest absolute Gasteiger partial charge is 0.446 e. The number of piperidine rings is 2. The van der Waals surface area contributed by atoms with Gasteiger partial charge >= 0.3 is 12.2 Å². The number of anilines is 2. The maximum Gasteiger partial charge on any atom is 0.411 e. The molecule has 5 rings (SSSR count). The third kappa shape index (κ3) is 13.1. The van der Waals surface area contributed by atoms with Crippen LogP contribution in [0.25, 0.3) is 17.2 Å². The average Bonchev–Trinajstić information content (AvgIpc) is 3.17. The molecule has 8 nitrogen and oxygen atoms in total. The Bertz CT molecular complexity index is 1610. The number of hydrogen-bond acceptors (Lipinski definition) is 6. The molecule has 0 atom stereocenters. The summed E-state index contributed by atoms with van der Waals surface area (Å²) in [6.45, 7) is 8.09. The van der Waals surface area contributed by atoms with E-state index in [9.17, 15) is 9.59 Å². The summed E-state index contributed by atoms with van der Waals surface area (Å²) in [6.07, 6.45) is 20.6. The Kier molecular flexibility index (Phi) is 16.1. The quantitative estimate of drug-likeness (QED) is 0.114. The van der Waals surface area contributed by atoms with Crippen LogP contribution >= 0.6 is 0 Å². The Hall–Kier alpha value is -4.66. The summed E-state index contributed by atoms with van der Waals surface area (Å²) in [5.41, 5.74) is 4.50. The van der Waals surface area contributed by atoms with Crippen LogP contribution < -0.4 is 10.6 Å². The van der Waals surface area contributed by atoms with Gasteiger partial charge in [-0.1, -0.05) is 122 Å². The minimum Gasteiger partial charge on any atom is -0.446 e. The fourth-order valence-corrected chi connectivity index (χ4v) is 6.90. The molecule has 0 unspecified atom stereocenters. The second-order valence-corrected chi connectivity index (χ2v) is 13.7. The van der Waals surface area contributed by atoms with Crippen molar-refractivity contribution in [2.24, 2.45) is 0 Å². The van der Waals surface area contributed by atoms with Gasteiger partial charge in [0.2, 0.25) is 0 Å². The van der Waals surface area contributed by atoms with Gasteiger partial charge in [-0.25, -0.2) is 9.59 Å². The summed E-state index contributed by atoms with van der Waals surface area (Å²) in [5.74, 6) is 0. The average molecular weight is 705 g/mol. The summed E-state index contributed by atoms with van der Waals surface area (Å²) in [7, 11) is 0. The number of amides is 2. The Labute approximate surface area is 310 Å². The molecule has 2 saturated heterocycles. The predicted octanol–water partition coefficient (Wildman–Crippen LogP) is 10.2. The van der Waals surface area contributed by atoms with Crippen LogP contribution in [0.4, 0.5) is 21.0 Å². The molecule has 2 aliphatic heterocycles. The van der Waals surface area contributed by atoms with Crippen molar-refractivity contribution in [3.63, 3.8) is 0 Å². The van der Waals surface area contributed by atoms with Crippen molar-refractivity contribution in [2.45, 2.75) is 76.9 Å². The van der Waals surface area contributed by atoms with E-state index in [-0.39, 0.29) is 24.4 Å². The van der Waals surface area contributed by atoms with Crippen LogP contribution in [-0.4, -0.2) is 73.5 Å². The second kappa shape index (κ2) is 21.6. The standard InChI is InChI=1S/C44H56N4O4/c1-2-3-4-6-10-21-37-22-13-15-24-41(37)45-43(49)51-38-26-32-47(33-27-38)30-17-7-5-8-18-31-48-34-28-39(29-35-48)52-44(50)46-42-25-16-14-23-40(42)36-19-11-9-12-20-36/h2-4,6,9-16,19-25,38-39H,5,7-8,17-18,26-35H2,1H3,(H,45,49)(H,46,50)/b3-2-,6-4-,21-10+. The highest BCUT2D eigenvalue weighted by Crippen LogP contribution is 2.28. The minimum atomic E-state index is -0.384. The normalized spacial score (nSPS) is 16.5. The van der Waals surface area contributed by atoms with Crippen molar-refractivity contribution < 1.29 is 19.1 Å². The van der Waals surface area contributed by atoms with Gasteiger partial charge in [-0.15, -0.1) is 0 Å². The SMILES string of the molecule is C\C=C/C=C\C=C\c1ccccc1NC(=O)OC1CCN(CCCCCCCN2CCC(OC(=O)Nc3ccccc3-c3ccccc3)CC2)CC1. The zero-order valence-electron chi connectivity index (χ0n) is 30.8.